The summed E-state index contributed by atoms with van der Waals surface area (Å²) >= 11 is 0. The Morgan fingerprint density at radius 1 is 1.55 bits per heavy atom. The van der Waals surface area contributed by atoms with Gasteiger partial charge in [0.1, 0.15) is 0 Å². The maximum absolute atomic E-state index is 9.25. The van der Waals surface area contributed by atoms with Gasteiger partial charge in [0.25, 0.3) is 0 Å². The summed E-state index contributed by atoms with van der Waals surface area (Å²) < 4.78 is 0. The molecule has 0 aliphatic carbocycles. The van der Waals surface area contributed by atoms with E-state index in [-0.39, 0.29) is 5.88 Å². The number of nitrogens with zero attached hydrogens (tertiary/aromatic N) is 2. The third-order valence-electron chi connectivity index (χ3n) is 1.89. The third-order valence-corrected chi connectivity index (χ3v) is 1.89. The highest BCUT2D eigenvalue weighted by Gasteiger charge is 2.12. The highest BCUT2D eigenvalue weighted by Crippen LogP contribution is 2.19. The maximum atomic E-state index is 9.25. The zero-order valence-electron chi connectivity index (χ0n) is 6.04. The molecule has 1 aliphatic rings. The van der Waals surface area contributed by atoms with Crippen LogP contribution in [-0.4, -0.2) is 21.8 Å². The summed E-state index contributed by atoms with van der Waals surface area (Å²) in [7, 11) is 0. The molecule has 1 aromatic rings. The van der Waals surface area contributed by atoms with Gasteiger partial charge in [-0.15, -0.1) is 5.10 Å². The summed E-state index contributed by atoms with van der Waals surface area (Å²) in [5.41, 5.74) is 2.00. The Kier molecular flexibility index (Phi) is 1.47. The molecule has 0 amide bonds. The Hall–Kier alpha value is -1.16. The molecule has 0 saturated heterocycles. The van der Waals surface area contributed by atoms with Gasteiger partial charge in [-0.25, -0.2) is 0 Å². The minimum Gasteiger partial charge on any atom is -0.492 e. The summed E-state index contributed by atoms with van der Waals surface area (Å²) in [5.74, 6) is 0.0870. The zero-order chi connectivity index (χ0) is 7.68. The lowest BCUT2D eigenvalue weighted by Gasteiger charge is -2.15. The topological polar surface area (TPSA) is 58.0 Å². The molecule has 11 heavy (non-hydrogen) atoms. The predicted octanol–water partition coefficient (Wildman–Crippen LogP) is -0.172. The SMILES string of the molecule is Oc1nncc2c1CCNC2. The van der Waals surface area contributed by atoms with Crippen molar-refractivity contribution in [2.45, 2.75) is 13.0 Å². The van der Waals surface area contributed by atoms with E-state index in [1.165, 1.54) is 0 Å². The van der Waals surface area contributed by atoms with Gasteiger partial charge in [0.05, 0.1) is 6.20 Å². The Labute approximate surface area is 64.3 Å². The molecule has 0 saturated carbocycles. The van der Waals surface area contributed by atoms with Crippen LogP contribution in [0.5, 0.6) is 5.88 Å². The minimum atomic E-state index is 0.0870. The molecular formula is C7H9N3O. The number of aromatic hydroxyl groups is 1. The van der Waals surface area contributed by atoms with Gasteiger partial charge in [0, 0.05) is 12.1 Å². The van der Waals surface area contributed by atoms with Crippen LogP contribution in [0.4, 0.5) is 0 Å². The van der Waals surface area contributed by atoms with Gasteiger partial charge in [-0.3, -0.25) is 0 Å². The largest absolute Gasteiger partial charge is 0.492 e. The Bertz CT molecular complexity index is 274. The zero-order valence-corrected chi connectivity index (χ0v) is 6.04. The Morgan fingerprint density at radius 2 is 2.45 bits per heavy atom. The van der Waals surface area contributed by atoms with Crippen LogP contribution in [0.1, 0.15) is 11.1 Å². The van der Waals surface area contributed by atoms with E-state index in [9.17, 15) is 5.11 Å². The second-order valence-corrected chi connectivity index (χ2v) is 2.60. The van der Waals surface area contributed by atoms with Crippen molar-refractivity contribution in [1.29, 1.82) is 0 Å². The van der Waals surface area contributed by atoms with E-state index in [4.69, 9.17) is 0 Å². The smallest absolute Gasteiger partial charge is 0.234 e. The van der Waals surface area contributed by atoms with Gasteiger partial charge < -0.3 is 10.4 Å². The number of nitrogens with one attached hydrogen (secondary N) is 1. The molecular weight excluding hydrogens is 142 g/mol. The lowest BCUT2D eigenvalue weighted by Crippen LogP contribution is -2.24. The molecule has 0 fully saturated rings. The molecule has 0 radical (unpaired) electrons. The van der Waals surface area contributed by atoms with Crippen LogP contribution in [0, 0.1) is 0 Å². The molecule has 0 atom stereocenters. The van der Waals surface area contributed by atoms with Crippen LogP contribution < -0.4 is 5.32 Å². The van der Waals surface area contributed by atoms with Crippen molar-refractivity contribution in [1.82, 2.24) is 15.5 Å². The second-order valence-electron chi connectivity index (χ2n) is 2.60. The molecule has 2 rings (SSSR count). The summed E-state index contributed by atoms with van der Waals surface area (Å²) in [6.07, 6.45) is 2.54. The number of rotatable bonds is 0. The lowest BCUT2D eigenvalue weighted by atomic mass is 10.1. The van der Waals surface area contributed by atoms with E-state index in [0.717, 1.165) is 30.6 Å². The highest BCUT2D eigenvalue weighted by atomic mass is 16.3. The van der Waals surface area contributed by atoms with Crippen molar-refractivity contribution in [3.05, 3.63) is 17.3 Å². The van der Waals surface area contributed by atoms with Crippen LogP contribution in [0.15, 0.2) is 6.20 Å². The average Bonchev–Trinajstić information content (AvgIpc) is 2.06. The summed E-state index contributed by atoms with van der Waals surface area (Å²) in [5, 5.41) is 19.7. The van der Waals surface area contributed by atoms with Crippen LogP contribution in [0.2, 0.25) is 0 Å². The fourth-order valence-electron chi connectivity index (χ4n) is 1.30. The van der Waals surface area contributed by atoms with Gasteiger partial charge in [-0.2, -0.15) is 5.10 Å². The van der Waals surface area contributed by atoms with Gasteiger partial charge in [-0.05, 0) is 18.5 Å². The summed E-state index contributed by atoms with van der Waals surface area (Å²) in [4.78, 5) is 0. The first-order valence-electron chi connectivity index (χ1n) is 3.61. The van der Waals surface area contributed by atoms with Crippen molar-refractivity contribution >= 4 is 0 Å². The first-order valence-corrected chi connectivity index (χ1v) is 3.61. The third kappa shape index (κ3) is 1.05. The minimum absolute atomic E-state index is 0.0870. The van der Waals surface area contributed by atoms with E-state index in [0.29, 0.717) is 0 Å². The molecule has 0 spiro atoms. The number of fused-ring (bicyclic) bond motifs is 1. The lowest BCUT2D eigenvalue weighted by molar-refractivity contribution is 0.430. The van der Waals surface area contributed by atoms with Crippen LogP contribution in [0.25, 0.3) is 0 Å². The van der Waals surface area contributed by atoms with Crippen molar-refractivity contribution < 1.29 is 5.11 Å². The van der Waals surface area contributed by atoms with Gasteiger partial charge in [0.15, 0.2) is 0 Å². The molecule has 2 heterocycles. The second kappa shape index (κ2) is 2.47. The van der Waals surface area contributed by atoms with Gasteiger partial charge in [0.2, 0.25) is 5.88 Å². The first kappa shape index (κ1) is 6.54. The Balaban J connectivity index is 2.49. The molecule has 58 valence electrons. The van der Waals surface area contributed by atoms with Crippen molar-refractivity contribution in [3.63, 3.8) is 0 Å². The molecule has 1 aromatic heterocycles. The van der Waals surface area contributed by atoms with Crippen molar-refractivity contribution in [3.8, 4) is 5.88 Å². The monoisotopic (exact) mass is 151 g/mol. The molecule has 4 nitrogen and oxygen atoms in total. The first-order chi connectivity index (χ1) is 5.38. The average molecular weight is 151 g/mol. The molecule has 2 N–H and O–H groups in total. The van der Waals surface area contributed by atoms with E-state index in [1.54, 1.807) is 6.20 Å². The fraction of sp³-hybridized carbons (Fsp3) is 0.429. The van der Waals surface area contributed by atoms with Gasteiger partial charge >= 0.3 is 0 Å². The molecule has 0 aromatic carbocycles. The van der Waals surface area contributed by atoms with Crippen LogP contribution in [-0.2, 0) is 13.0 Å². The number of hydrogen-bond acceptors (Lipinski definition) is 4. The standard InChI is InChI=1S/C7H9N3O/c11-7-6-1-2-8-3-5(6)4-9-10-7/h4,8H,1-3H2,(H,10,11). The van der Waals surface area contributed by atoms with Crippen molar-refractivity contribution in [2.75, 3.05) is 6.54 Å². The van der Waals surface area contributed by atoms with E-state index in [1.807, 2.05) is 0 Å². The van der Waals surface area contributed by atoms with E-state index in [2.05, 4.69) is 15.5 Å². The predicted molar refractivity (Wildman–Crippen MR) is 39.1 cm³/mol. The van der Waals surface area contributed by atoms with E-state index < -0.39 is 0 Å². The number of hydrogen-bond donors (Lipinski definition) is 2. The van der Waals surface area contributed by atoms with E-state index >= 15 is 0 Å². The molecule has 0 bridgehead atoms. The highest BCUT2D eigenvalue weighted by molar-refractivity contribution is 5.32. The van der Waals surface area contributed by atoms with Crippen molar-refractivity contribution in [2.24, 2.45) is 0 Å². The van der Waals surface area contributed by atoms with Gasteiger partial charge in [-0.1, -0.05) is 0 Å². The maximum Gasteiger partial charge on any atom is 0.234 e. The molecule has 4 heteroatoms. The Morgan fingerprint density at radius 3 is 3.27 bits per heavy atom. The quantitative estimate of drug-likeness (QED) is 0.540. The van der Waals surface area contributed by atoms with Crippen LogP contribution >= 0.6 is 0 Å². The van der Waals surface area contributed by atoms with Crippen LogP contribution in [0.3, 0.4) is 0 Å². The summed E-state index contributed by atoms with van der Waals surface area (Å²) in [6, 6.07) is 0. The normalized spacial score (nSPS) is 16.0. The molecule has 1 aliphatic heterocycles. The summed E-state index contributed by atoms with van der Waals surface area (Å²) in [6.45, 7) is 1.70. The number of aromatic nitrogens is 2. The molecule has 0 unspecified atom stereocenters. The fourth-order valence-corrected chi connectivity index (χ4v) is 1.30.